The Bertz CT molecular complexity index is 352. The minimum Gasteiger partial charge on any atom is -0.372 e. The van der Waals surface area contributed by atoms with E-state index in [4.69, 9.17) is 5.73 Å². The van der Waals surface area contributed by atoms with E-state index in [0.29, 0.717) is 6.54 Å². The van der Waals surface area contributed by atoms with E-state index in [1.54, 1.807) is 0 Å². The number of benzene rings is 1. The van der Waals surface area contributed by atoms with E-state index in [9.17, 15) is 0 Å². The van der Waals surface area contributed by atoms with Gasteiger partial charge in [-0.15, -0.1) is 0 Å². The quantitative estimate of drug-likeness (QED) is 0.841. The van der Waals surface area contributed by atoms with Crippen molar-refractivity contribution in [3.63, 3.8) is 0 Å². The molecule has 1 aromatic carbocycles. The maximum atomic E-state index is 5.46. The predicted molar refractivity (Wildman–Crippen MR) is 70.6 cm³/mol. The molecule has 16 heavy (non-hydrogen) atoms. The second-order valence-corrected chi connectivity index (χ2v) is 4.28. The summed E-state index contributed by atoms with van der Waals surface area (Å²) in [6.45, 7) is 3.00. The molecular formula is C14H20N2. The van der Waals surface area contributed by atoms with Crippen molar-refractivity contribution in [2.24, 2.45) is 5.73 Å². The second kappa shape index (κ2) is 5.71. The van der Waals surface area contributed by atoms with Gasteiger partial charge in [-0.05, 0) is 37.0 Å². The van der Waals surface area contributed by atoms with Crippen LogP contribution in [0, 0.1) is 0 Å². The molecule has 0 saturated carbocycles. The van der Waals surface area contributed by atoms with Crippen LogP contribution in [0.15, 0.2) is 30.3 Å². The number of anilines is 1. The van der Waals surface area contributed by atoms with Crippen molar-refractivity contribution in [3.05, 3.63) is 35.9 Å². The lowest BCUT2D eigenvalue weighted by molar-refractivity contribution is 0.578. The summed E-state index contributed by atoms with van der Waals surface area (Å²) in [5.41, 5.74) is 8.05. The monoisotopic (exact) mass is 216 g/mol. The molecule has 1 aliphatic rings. The molecule has 1 saturated heterocycles. The highest BCUT2D eigenvalue weighted by atomic mass is 15.1. The second-order valence-electron chi connectivity index (χ2n) is 4.28. The Balaban J connectivity index is 2.11. The third kappa shape index (κ3) is 2.86. The van der Waals surface area contributed by atoms with Crippen molar-refractivity contribution >= 4 is 11.8 Å². The van der Waals surface area contributed by atoms with Gasteiger partial charge in [0.05, 0.1) is 0 Å². The summed E-state index contributed by atoms with van der Waals surface area (Å²) < 4.78 is 0. The van der Waals surface area contributed by atoms with Gasteiger partial charge in [0.15, 0.2) is 0 Å². The molecule has 0 atom stereocenters. The number of piperidine rings is 1. The van der Waals surface area contributed by atoms with E-state index < -0.39 is 0 Å². The Labute approximate surface area is 97.8 Å². The van der Waals surface area contributed by atoms with Crippen molar-refractivity contribution in [2.45, 2.75) is 19.3 Å². The van der Waals surface area contributed by atoms with Crippen LogP contribution in [0.3, 0.4) is 0 Å². The molecule has 1 fully saturated rings. The molecule has 0 amide bonds. The fourth-order valence-electron chi connectivity index (χ4n) is 2.18. The fraction of sp³-hybridized carbons (Fsp3) is 0.429. The molecule has 2 N–H and O–H groups in total. The summed E-state index contributed by atoms with van der Waals surface area (Å²) in [7, 11) is 0. The van der Waals surface area contributed by atoms with E-state index in [-0.39, 0.29) is 0 Å². The first kappa shape index (κ1) is 11.2. The number of hydrogen-bond acceptors (Lipinski definition) is 2. The maximum absolute atomic E-state index is 5.46. The summed E-state index contributed by atoms with van der Waals surface area (Å²) in [4.78, 5) is 2.48. The Hall–Kier alpha value is -1.28. The highest BCUT2D eigenvalue weighted by molar-refractivity contribution is 5.58. The van der Waals surface area contributed by atoms with Crippen LogP contribution in [0.2, 0.25) is 0 Å². The third-order valence-electron chi connectivity index (χ3n) is 3.04. The molecule has 0 radical (unpaired) electrons. The van der Waals surface area contributed by atoms with Gasteiger partial charge < -0.3 is 10.6 Å². The van der Waals surface area contributed by atoms with Crippen LogP contribution in [0.1, 0.15) is 24.8 Å². The molecule has 1 aromatic rings. The van der Waals surface area contributed by atoms with E-state index in [1.807, 2.05) is 6.08 Å². The first-order chi connectivity index (χ1) is 7.90. The van der Waals surface area contributed by atoms with Gasteiger partial charge in [0.1, 0.15) is 0 Å². The zero-order valence-corrected chi connectivity index (χ0v) is 9.73. The molecule has 0 aromatic heterocycles. The van der Waals surface area contributed by atoms with Crippen molar-refractivity contribution in [3.8, 4) is 0 Å². The largest absolute Gasteiger partial charge is 0.372 e. The molecule has 1 aliphatic heterocycles. The maximum Gasteiger partial charge on any atom is 0.0372 e. The molecule has 0 aliphatic carbocycles. The minimum absolute atomic E-state index is 0.605. The van der Waals surface area contributed by atoms with E-state index in [2.05, 4.69) is 35.2 Å². The van der Waals surface area contributed by atoms with Crippen molar-refractivity contribution in [1.29, 1.82) is 0 Å². The van der Waals surface area contributed by atoms with Crippen molar-refractivity contribution in [2.75, 3.05) is 24.5 Å². The Morgan fingerprint density at radius 3 is 2.75 bits per heavy atom. The Kier molecular flexibility index (Phi) is 4.00. The number of nitrogens with zero attached hydrogens (tertiary/aromatic N) is 1. The number of hydrogen-bond donors (Lipinski definition) is 1. The van der Waals surface area contributed by atoms with Gasteiger partial charge in [-0.2, -0.15) is 0 Å². The van der Waals surface area contributed by atoms with Gasteiger partial charge in [0.2, 0.25) is 0 Å². The number of rotatable bonds is 3. The van der Waals surface area contributed by atoms with E-state index in [1.165, 1.54) is 43.6 Å². The van der Waals surface area contributed by atoms with E-state index in [0.717, 1.165) is 0 Å². The third-order valence-corrected chi connectivity index (χ3v) is 3.04. The normalized spacial score (nSPS) is 16.9. The molecule has 86 valence electrons. The Morgan fingerprint density at radius 2 is 2.00 bits per heavy atom. The summed E-state index contributed by atoms with van der Waals surface area (Å²) in [5.74, 6) is 0. The molecule has 2 heteroatoms. The van der Waals surface area contributed by atoms with Crippen LogP contribution in [0.4, 0.5) is 5.69 Å². The zero-order valence-electron chi connectivity index (χ0n) is 9.73. The summed E-state index contributed by atoms with van der Waals surface area (Å²) in [6.07, 6.45) is 8.11. The Morgan fingerprint density at radius 1 is 1.19 bits per heavy atom. The smallest absolute Gasteiger partial charge is 0.0372 e. The molecule has 0 unspecified atom stereocenters. The first-order valence-electron chi connectivity index (χ1n) is 6.12. The topological polar surface area (TPSA) is 29.3 Å². The van der Waals surface area contributed by atoms with Crippen molar-refractivity contribution < 1.29 is 0 Å². The highest BCUT2D eigenvalue weighted by Gasteiger charge is 2.10. The minimum atomic E-state index is 0.605. The summed E-state index contributed by atoms with van der Waals surface area (Å²) >= 11 is 0. The van der Waals surface area contributed by atoms with Crippen LogP contribution < -0.4 is 10.6 Å². The van der Waals surface area contributed by atoms with Crippen LogP contribution in [-0.2, 0) is 0 Å². The molecular weight excluding hydrogens is 196 g/mol. The average molecular weight is 216 g/mol. The van der Waals surface area contributed by atoms with Gasteiger partial charge in [0.25, 0.3) is 0 Å². The van der Waals surface area contributed by atoms with Crippen molar-refractivity contribution in [1.82, 2.24) is 0 Å². The lowest BCUT2D eigenvalue weighted by Crippen LogP contribution is -2.29. The van der Waals surface area contributed by atoms with Crippen LogP contribution in [-0.4, -0.2) is 19.6 Å². The number of nitrogens with two attached hydrogens (primary N) is 1. The lowest BCUT2D eigenvalue weighted by Gasteiger charge is -2.29. The van der Waals surface area contributed by atoms with Gasteiger partial charge in [-0.1, -0.05) is 24.3 Å². The van der Waals surface area contributed by atoms with Crippen LogP contribution >= 0.6 is 0 Å². The van der Waals surface area contributed by atoms with Gasteiger partial charge in [-0.3, -0.25) is 0 Å². The lowest BCUT2D eigenvalue weighted by atomic mass is 10.1. The average Bonchev–Trinajstić information content (AvgIpc) is 2.38. The molecule has 2 rings (SSSR count). The molecule has 2 nitrogen and oxygen atoms in total. The van der Waals surface area contributed by atoms with Gasteiger partial charge in [-0.25, -0.2) is 0 Å². The predicted octanol–water partition coefficient (Wildman–Crippen LogP) is 2.65. The SMILES string of the molecule is NCC=Cc1cccc(N2CCCCC2)c1. The zero-order chi connectivity index (χ0) is 11.2. The van der Waals surface area contributed by atoms with Gasteiger partial charge in [0, 0.05) is 25.3 Å². The fourth-order valence-corrected chi connectivity index (χ4v) is 2.18. The molecule has 1 heterocycles. The standard InChI is InChI=1S/C14H20N2/c15-9-5-7-13-6-4-8-14(12-13)16-10-2-1-3-11-16/h4-8,12H,1-3,9-11,15H2. The van der Waals surface area contributed by atoms with Gasteiger partial charge >= 0.3 is 0 Å². The first-order valence-corrected chi connectivity index (χ1v) is 6.12. The highest BCUT2D eigenvalue weighted by Crippen LogP contribution is 2.21. The van der Waals surface area contributed by atoms with E-state index >= 15 is 0 Å². The summed E-state index contributed by atoms with van der Waals surface area (Å²) in [5, 5.41) is 0. The summed E-state index contributed by atoms with van der Waals surface area (Å²) in [6, 6.07) is 8.70. The molecule has 0 bridgehead atoms. The molecule has 0 spiro atoms. The van der Waals surface area contributed by atoms with Crippen LogP contribution in [0.25, 0.3) is 6.08 Å². The van der Waals surface area contributed by atoms with Crippen LogP contribution in [0.5, 0.6) is 0 Å².